The van der Waals surface area contributed by atoms with E-state index in [2.05, 4.69) is 42.7 Å². The van der Waals surface area contributed by atoms with Gasteiger partial charge in [0, 0.05) is 13.1 Å². The number of allylic oxidation sites excluding steroid dienone is 1. The summed E-state index contributed by atoms with van der Waals surface area (Å²) in [4.78, 5) is 15.1. The summed E-state index contributed by atoms with van der Waals surface area (Å²) in [6.07, 6.45) is 2.73. The average molecular weight is 420 g/mol. The molecule has 0 aliphatic carbocycles. The number of nitrogens with zero attached hydrogens (tertiary/aromatic N) is 5. The van der Waals surface area contributed by atoms with Crippen LogP contribution in [0.3, 0.4) is 0 Å². The summed E-state index contributed by atoms with van der Waals surface area (Å²) in [7, 11) is 2.04. The Hall–Kier alpha value is -3.03. The largest absolute Gasteiger partial charge is 0.283 e. The van der Waals surface area contributed by atoms with Gasteiger partial charge in [0.05, 0.1) is 17.6 Å². The summed E-state index contributed by atoms with van der Waals surface area (Å²) in [5.41, 5.74) is 3.25. The highest BCUT2D eigenvalue weighted by Crippen LogP contribution is 2.15. The van der Waals surface area contributed by atoms with Crippen molar-refractivity contribution in [1.29, 1.82) is 0 Å². The Balaban J connectivity index is 1.74. The van der Waals surface area contributed by atoms with Crippen molar-refractivity contribution in [3.8, 4) is 0 Å². The monoisotopic (exact) mass is 419 g/mol. The third-order valence-corrected chi connectivity index (χ3v) is 5.65. The van der Waals surface area contributed by atoms with Crippen LogP contribution in [0.4, 0.5) is 0 Å². The van der Waals surface area contributed by atoms with Gasteiger partial charge in [-0.25, -0.2) is 4.68 Å². The van der Waals surface area contributed by atoms with Gasteiger partial charge in [0.2, 0.25) is 10.5 Å². The zero-order valence-electron chi connectivity index (χ0n) is 17.3. The molecule has 4 aromatic rings. The van der Waals surface area contributed by atoms with Crippen molar-refractivity contribution in [2.24, 2.45) is 0 Å². The Kier molecular flexibility index (Phi) is 5.65. The van der Waals surface area contributed by atoms with Crippen LogP contribution in [0.1, 0.15) is 18.1 Å². The van der Waals surface area contributed by atoms with Gasteiger partial charge in [0.15, 0.2) is 0 Å². The van der Waals surface area contributed by atoms with Crippen molar-refractivity contribution >= 4 is 28.9 Å². The minimum Gasteiger partial charge on any atom is -0.283 e. The summed E-state index contributed by atoms with van der Waals surface area (Å²) < 4.78 is 5.83. The van der Waals surface area contributed by atoms with Crippen LogP contribution in [0.2, 0.25) is 0 Å². The minimum atomic E-state index is -0.0884. The molecule has 0 amide bonds. The number of benzene rings is 2. The molecule has 0 atom stereocenters. The van der Waals surface area contributed by atoms with Gasteiger partial charge in [-0.1, -0.05) is 49.4 Å². The van der Waals surface area contributed by atoms with Crippen LogP contribution in [0, 0.1) is 4.77 Å². The molecule has 30 heavy (non-hydrogen) atoms. The minimum absolute atomic E-state index is 0.0884. The highest BCUT2D eigenvalue weighted by molar-refractivity contribution is 7.71. The van der Waals surface area contributed by atoms with E-state index in [1.165, 1.54) is 11.1 Å². The van der Waals surface area contributed by atoms with E-state index in [9.17, 15) is 4.79 Å². The first-order chi connectivity index (χ1) is 14.5. The van der Waals surface area contributed by atoms with Gasteiger partial charge in [-0.3, -0.25) is 18.7 Å². The molecule has 0 aliphatic rings. The number of hydrogen-bond donors (Lipinski definition) is 0. The maximum Gasteiger partial charge on any atom is 0.263 e. The quantitative estimate of drug-likeness (QED) is 0.335. The highest BCUT2D eigenvalue weighted by Gasteiger charge is 2.15. The van der Waals surface area contributed by atoms with Crippen LogP contribution in [0.25, 0.3) is 16.7 Å². The van der Waals surface area contributed by atoms with Crippen molar-refractivity contribution in [3.63, 3.8) is 0 Å². The molecule has 7 heteroatoms. The normalized spacial score (nSPS) is 11.6. The lowest BCUT2D eigenvalue weighted by molar-refractivity contribution is 0.244. The van der Waals surface area contributed by atoms with E-state index in [-0.39, 0.29) is 5.56 Å². The van der Waals surface area contributed by atoms with Crippen LogP contribution in [-0.4, -0.2) is 30.7 Å². The number of fused-ring (bicyclic) bond motifs is 3. The van der Waals surface area contributed by atoms with Crippen molar-refractivity contribution in [2.75, 3.05) is 7.05 Å². The third-order valence-electron chi connectivity index (χ3n) is 5.25. The molecular weight excluding hydrogens is 394 g/mol. The summed E-state index contributed by atoms with van der Waals surface area (Å²) in [5.74, 6) is 0.532. The zero-order chi connectivity index (χ0) is 21.3. The fraction of sp³-hybridized carbons (Fsp3) is 0.261. The van der Waals surface area contributed by atoms with Gasteiger partial charge in [-0.15, -0.1) is 11.7 Å². The lowest BCUT2D eigenvalue weighted by Gasteiger charge is -2.16. The summed E-state index contributed by atoms with van der Waals surface area (Å²) >= 11 is 5.75. The van der Waals surface area contributed by atoms with Crippen molar-refractivity contribution < 1.29 is 0 Å². The van der Waals surface area contributed by atoms with Gasteiger partial charge in [0.25, 0.3) is 5.56 Å². The second-order valence-electron chi connectivity index (χ2n) is 7.46. The van der Waals surface area contributed by atoms with Crippen LogP contribution in [-0.2, 0) is 26.2 Å². The van der Waals surface area contributed by atoms with E-state index >= 15 is 0 Å². The molecular formula is C23H25N5OS. The van der Waals surface area contributed by atoms with Gasteiger partial charge in [-0.2, -0.15) is 0 Å². The van der Waals surface area contributed by atoms with E-state index in [1.54, 1.807) is 15.3 Å². The molecule has 154 valence electrons. The number of hydrogen-bond acceptors (Lipinski definition) is 4. The van der Waals surface area contributed by atoms with Crippen LogP contribution in [0.15, 0.2) is 66.0 Å². The van der Waals surface area contributed by atoms with E-state index in [0.717, 1.165) is 18.5 Å². The second kappa shape index (κ2) is 8.38. The summed E-state index contributed by atoms with van der Waals surface area (Å²) in [6, 6.07) is 16.1. The molecule has 2 heterocycles. The number of rotatable bonds is 7. The van der Waals surface area contributed by atoms with E-state index in [0.29, 0.717) is 29.1 Å². The van der Waals surface area contributed by atoms with Crippen LogP contribution < -0.4 is 5.56 Å². The van der Waals surface area contributed by atoms with Crippen LogP contribution >= 0.6 is 12.2 Å². The second-order valence-corrected chi connectivity index (χ2v) is 7.83. The lowest BCUT2D eigenvalue weighted by atomic mass is 10.1. The van der Waals surface area contributed by atoms with E-state index in [1.807, 2.05) is 35.7 Å². The SMILES string of the molecule is C=CCn1c(=O)c2ccccc2n2c(=S)n(CN(C)Cc3ccc(CC)cc3)nc12. The fourth-order valence-corrected chi connectivity index (χ4v) is 4.00. The molecule has 0 bridgehead atoms. The molecule has 4 rings (SSSR count). The first-order valence-electron chi connectivity index (χ1n) is 10.0. The van der Waals surface area contributed by atoms with Gasteiger partial charge in [0.1, 0.15) is 0 Å². The number of aryl methyl sites for hydroxylation is 1. The maximum absolute atomic E-state index is 13.0. The third kappa shape index (κ3) is 3.62. The van der Waals surface area contributed by atoms with Crippen molar-refractivity contribution in [3.05, 3.63) is 87.4 Å². The molecule has 6 nitrogen and oxygen atoms in total. The molecule has 0 fully saturated rings. The Labute approximate surface area is 180 Å². The molecule has 0 N–H and O–H groups in total. The van der Waals surface area contributed by atoms with Gasteiger partial charge >= 0.3 is 0 Å². The molecule has 0 saturated carbocycles. The molecule has 0 radical (unpaired) electrons. The Morgan fingerprint density at radius 2 is 1.83 bits per heavy atom. The summed E-state index contributed by atoms with van der Waals surface area (Å²) in [6.45, 7) is 7.61. The molecule has 0 unspecified atom stereocenters. The first-order valence-corrected chi connectivity index (χ1v) is 10.4. The lowest BCUT2D eigenvalue weighted by Crippen LogP contribution is -2.23. The molecule has 0 spiro atoms. The Morgan fingerprint density at radius 3 is 2.53 bits per heavy atom. The Morgan fingerprint density at radius 1 is 1.13 bits per heavy atom. The molecule has 2 aromatic carbocycles. The highest BCUT2D eigenvalue weighted by atomic mass is 32.1. The number of aromatic nitrogens is 4. The van der Waals surface area contributed by atoms with Crippen LogP contribution in [0.5, 0.6) is 0 Å². The first kappa shape index (κ1) is 20.3. The Bertz CT molecular complexity index is 1330. The standard InChI is InChI=1S/C23H25N5OS/c1-4-14-26-21(29)19-8-6-7-9-20(19)28-22(26)24-27(23(28)30)16-25(3)15-18-12-10-17(5-2)11-13-18/h4,6-13H,1,5,14-16H2,2-3H3. The predicted molar refractivity (Wildman–Crippen MR) is 123 cm³/mol. The van der Waals surface area contributed by atoms with Gasteiger partial charge < -0.3 is 0 Å². The maximum atomic E-state index is 13.0. The number of para-hydroxylation sites is 1. The topological polar surface area (TPSA) is 47.5 Å². The van der Waals surface area contributed by atoms with Gasteiger partial charge in [-0.05, 0) is 48.9 Å². The van der Waals surface area contributed by atoms with E-state index in [4.69, 9.17) is 17.3 Å². The molecule has 0 saturated heterocycles. The molecule has 0 aliphatic heterocycles. The zero-order valence-corrected chi connectivity index (χ0v) is 18.1. The smallest absolute Gasteiger partial charge is 0.263 e. The predicted octanol–water partition coefficient (Wildman–Crippen LogP) is 4.02. The molecule has 2 aromatic heterocycles. The van der Waals surface area contributed by atoms with Crippen molar-refractivity contribution in [1.82, 2.24) is 23.6 Å². The van der Waals surface area contributed by atoms with Crippen molar-refractivity contribution in [2.45, 2.75) is 33.1 Å². The summed E-state index contributed by atoms with van der Waals surface area (Å²) in [5, 5.41) is 5.32. The fourth-order valence-electron chi connectivity index (χ4n) is 3.72. The average Bonchev–Trinajstić information content (AvgIpc) is 3.07. The van der Waals surface area contributed by atoms with E-state index < -0.39 is 0 Å².